The molecule has 116 valence electrons. The van der Waals surface area contributed by atoms with Crippen LogP contribution in [0.15, 0.2) is 66.7 Å². The zero-order chi connectivity index (χ0) is 16.2. The van der Waals surface area contributed by atoms with Crippen LogP contribution in [0.5, 0.6) is 5.75 Å². The van der Waals surface area contributed by atoms with E-state index in [-0.39, 0.29) is 0 Å². The Bertz CT molecular complexity index is 815. The van der Waals surface area contributed by atoms with Gasteiger partial charge in [-0.2, -0.15) is 0 Å². The molecule has 23 heavy (non-hydrogen) atoms. The van der Waals surface area contributed by atoms with Crippen molar-refractivity contribution in [2.24, 2.45) is 0 Å². The molecule has 3 aromatic rings. The first-order chi connectivity index (χ1) is 11.1. The van der Waals surface area contributed by atoms with Gasteiger partial charge in [-0.3, -0.25) is 0 Å². The van der Waals surface area contributed by atoms with Crippen molar-refractivity contribution in [2.45, 2.75) is 13.5 Å². The quantitative estimate of drug-likeness (QED) is 0.645. The number of rotatable bonds is 4. The van der Waals surface area contributed by atoms with Crippen LogP contribution in [0.3, 0.4) is 0 Å². The molecule has 2 nitrogen and oxygen atoms in total. The topological polar surface area (TPSA) is 35.2 Å². The molecule has 3 rings (SSSR count). The van der Waals surface area contributed by atoms with Gasteiger partial charge in [-0.1, -0.05) is 54.1 Å². The first kappa shape index (κ1) is 15.4. The van der Waals surface area contributed by atoms with Crippen molar-refractivity contribution in [3.63, 3.8) is 0 Å². The Kier molecular flexibility index (Phi) is 4.54. The highest BCUT2D eigenvalue weighted by atomic mass is 35.5. The van der Waals surface area contributed by atoms with Crippen LogP contribution in [0, 0.1) is 6.92 Å². The molecular formula is C20H18ClNO. The Balaban J connectivity index is 1.84. The standard InChI is InChI=1S/C20H18ClNO/c1-14-10-18(19(21)12-20(14)22)16-8-5-9-17(11-16)23-13-15-6-3-2-4-7-15/h2-12H,13,22H2,1H3. The molecular weight excluding hydrogens is 306 g/mol. The minimum Gasteiger partial charge on any atom is -0.489 e. The average Bonchev–Trinajstić information content (AvgIpc) is 2.57. The Labute approximate surface area is 141 Å². The summed E-state index contributed by atoms with van der Waals surface area (Å²) >= 11 is 6.34. The molecule has 0 saturated carbocycles. The van der Waals surface area contributed by atoms with E-state index in [4.69, 9.17) is 22.1 Å². The molecule has 0 aromatic heterocycles. The van der Waals surface area contributed by atoms with Crippen molar-refractivity contribution < 1.29 is 4.74 Å². The minimum atomic E-state index is 0.540. The summed E-state index contributed by atoms with van der Waals surface area (Å²) in [4.78, 5) is 0. The van der Waals surface area contributed by atoms with E-state index in [2.05, 4.69) is 0 Å². The van der Waals surface area contributed by atoms with Crippen molar-refractivity contribution in [1.29, 1.82) is 0 Å². The summed E-state index contributed by atoms with van der Waals surface area (Å²) in [6, 6.07) is 21.8. The summed E-state index contributed by atoms with van der Waals surface area (Å²) in [6.07, 6.45) is 0. The van der Waals surface area contributed by atoms with Gasteiger partial charge in [-0.05, 0) is 47.9 Å². The van der Waals surface area contributed by atoms with Gasteiger partial charge in [-0.15, -0.1) is 0 Å². The number of nitrogen functional groups attached to an aromatic ring is 1. The van der Waals surface area contributed by atoms with E-state index in [1.54, 1.807) is 6.07 Å². The highest BCUT2D eigenvalue weighted by Gasteiger charge is 2.07. The van der Waals surface area contributed by atoms with Crippen LogP contribution in [0.1, 0.15) is 11.1 Å². The molecule has 0 spiro atoms. The van der Waals surface area contributed by atoms with Crippen LogP contribution in [0.2, 0.25) is 5.02 Å². The summed E-state index contributed by atoms with van der Waals surface area (Å²) in [6.45, 7) is 2.52. The summed E-state index contributed by atoms with van der Waals surface area (Å²) in [5.41, 5.74) is 10.7. The highest BCUT2D eigenvalue weighted by molar-refractivity contribution is 6.33. The van der Waals surface area contributed by atoms with E-state index >= 15 is 0 Å². The molecule has 0 saturated heterocycles. The third-order valence-corrected chi connectivity index (χ3v) is 4.06. The van der Waals surface area contributed by atoms with Gasteiger partial charge < -0.3 is 10.5 Å². The molecule has 0 amide bonds. The van der Waals surface area contributed by atoms with Crippen molar-refractivity contribution in [2.75, 3.05) is 5.73 Å². The van der Waals surface area contributed by atoms with E-state index in [0.29, 0.717) is 17.3 Å². The van der Waals surface area contributed by atoms with Gasteiger partial charge in [0, 0.05) is 11.3 Å². The fourth-order valence-electron chi connectivity index (χ4n) is 2.41. The molecule has 3 heteroatoms. The highest BCUT2D eigenvalue weighted by Crippen LogP contribution is 2.33. The zero-order valence-electron chi connectivity index (χ0n) is 12.9. The van der Waals surface area contributed by atoms with Crippen LogP contribution >= 0.6 is 11.6 Å². The lowest BCUT2D eigenvalue weighted by Crippen LogP contribution is -1.95. The summed E-state index contributed by atoms with van der Waals surface area (Å²) in [5.74, 6) is 0.817. The second kappa shape index (κ2) is 6.76. The molecule has 0 aliphatic rings. The molecule has 0 unspecified atom stereocenters. The van der Waals surface area contributed by atoms with E-state index in [1.165, 1.54) is 0 Å². The lowest BCUT2D eigenvalue weighted by Gasteiger charge is -2.11. The number of aryl methyl sites for hydroxylation is 1. The fraction of sp³-hybridized carbons (Fsp3) is 0.100. The fourth-order valence-corrected chi connectivity index (χ4v) is 2.69. The molecule has 2 N–H and O–H groups in total. The Morgan fingerprint density at radius 1 is 0.957 bits per heavy atom. The first-order valence-electron chi connectivity index (χ1n) is 7.46. The first-order valence-corrected chi connectivity index (χ1v) is 7.84. The van der Waals surface area contributed by atoms with E-state index in [0.717, 1.165) is 28.0 Å². The number of nitrogens with two attached hydrogens (primary N) is 1. The molecule has 0 bridgehead atoms. The number of halogens is 1. The number of hydrogen-bond acceptors (Lipinski definition) is 2. The third kappa shape index (κ3) is 3.66. The summed E-state index contributed by atoms with van der Waals surface area (Å²) in [5, 5.41) is 0.647. The largest absolute Gasteiger partial charge is 0.489 e. The maximum Gasteiger partial charge on any atom is 0.120 e. The molecule has 0 radical (unpaired) electrons. The van der Waals surface area contributed by atoms with Crippen molar-refractivity contribution in [3.05, 3.63) is 82.9 Å². The normalized spacial score (nSPS) is 10.5. The molecule has 3 aromatic carbocycles. The van der Waals surface area contributed by atoms with Gasteiger partial charge in [0.15, 0.2) is 0 Å². The monoisotopic (exact) mass is 323 g/mol. The van der Waals surface area contributed by atoms with Crippen LogP contribution < -0.4 is 10.5 Å². The van der Waals surface area contributed by atoms with E-state index in [9.17, 15) is 0 Å². The number of ether oxygens (including phenoxy) is 1. The predicted molar refractivity (Wildman–Crippen MR) is 96.8 cm³/mol. The Hall–Kier alpha value is -2.45. The third-order valence-electron chi connectivity index (χ3n) is 3.75. The zero-order valence-corrected chi connectivity index (χ0v) is 13.7. The number of hydrogen-bond donors (Lipinski definition) is 1. The maximum absolute atomic E-state index is 6.34. The second-order valence-corrected chi connectivity index (χ2v) is 5.90. The summed E-state index contributed by atoms with van der Waals surface area (Å²) < 4.78 is 5.88. The smallest absolute Gasteiger partial charge is 0.120 e. The van der Waals surface area contributed by atoms with Crippen LogP contribution in [-0.4, -0.2) is 0 Å². The average molecular weight is 324 g/mol. The Morgan fingerprint density at radius 2 is 1.74 bits per heavy atom. The van der Waals surface area contributed by atoms with Gasteiger partial charge in [0.25, 0.3) is 0 Å². The van der Waals surface area contributed by atoms with Gasteiger partial charge in [-0.25, -0.2) is 0 Å². The molecule has 0 aliphatic heterocycles. The van der Waals surface area contributed by atoms with Crippen LogP contribution in [-0.2, 0) is 6.61 Å². The summed E-state index contributed by atoms with van der Waals surface area (Å²) in [7, 11) is 0. The van der Waals surface area contributed by atoms with Gasteiger partial charge in [0.05, 0.1) is 5.02 Å². The van der Waals surface area contributed by atoms with Gasteiger partial charge >= 0.3 is 0 Å². The minimum absolute atomic E-state index is 0.540. The molecule has 0 atom stereocenters. The number of anilines is 1. The molecule has 0 fully saturated rings. The SMILES string of the molecule is Cc1cc(-c2cccc(OCc3ccccc3)c2)c(Cl)cc1N. The van der Waals surface area contributed by atoms with Crippen LogP contribution in [0.25, 0.3) is 11.1 Å². The second-order valence-electron chi connectivity index (χ2n) is 5.49. The van der Waals surface area contributed by atoms with Crippen LogP contribution in [0.4, 0.5) is 5.69 Å². The van der Waals surface area contributed by atoms with Gasteiger partial charge in [0.1, 0.15) is 12.4 Å². The lowest BCUT2D eigenvalue weighted by atomic mass is 10.0. The lowest BCUT2D eigenvalue weighted by molar-refractivity contribution is 0.306. The van der Waals surface area contributed by atoms with E-state index in [1.807, 2.05) is 67.6 Å². The number of benzene rings is 3. The molecule has 0 aliphatic carbocycles. The molecule has 0 heterocycles. The van der Waals surface area contributed by atoms with Crippen molar-refractivity contribution >= 4 is 17.3 Å². The maximum atomic E-state index is 6.34. The van der Waals surface area contributed by atoms with E-state index < -0.39 is 0 Å². The van der Waals surface area contributed by atoms with Gasteiger partial charge in [0.2, 0.25) is 0 Å². The van der Waals surface area contributed by atoms with Crippen molar-refractivity contribution in [1.82, 2.24) is 0 Å². The predicted octanol–water partition coefficient (Wildman–Crippen LogP) is 5.48. The van der Waals surface area contributed by atoms with Crippen molar-refractivity contribution in [3.8, 4) is 16.9 Å². The Morgan fingerprint density at radius 3 is 2.52 bits per heavy atom.